The highest BCUT2D eigenvalue weighted by molar-refractivity contribution is 4.82. The maximum absolute atomic E-state index is 4.96. The minimum Gasteiger partial charge on any atom is -0.383 e. The Labute approximate surface area is 87.8 Å². The summed E-state index contributed by atoms with van der Waals surface area (Å²) in [4.78, 5) is 2.50. The molecule has 0 bridgehead atoms. The van der Waals surface area contributed by atoms with Gasteiger partial charge in [-0.3, -0.25) is 0 Å². The molecule has 1 fully saturated rings. The van der Waals surface area contributed by atoms with Gasteiger partial charge in [-0.1, -0.05) is 0 Å². The standard InChI is InChI=1S/C11H24N2O/c1-13(11-5-6-11)9-4-3-7-12-8-10-14-2/h11-12H,3-10H2,1-2H3. The van der Waals surface area contributed by atoms with Crippen molar-refractivity contribution in [1.29, 1.82) is 0 Å². The third kappa shape index (κ3) is 5.58. The molecule has 84 valence electrons. The smallest absolute Gasteiger partial charge is 0.0587 e. The van der Waals surface area contributed by atoms with Crippen LogP contribution in [0.15, 0.2) is 0 Å². The van der Waals surface area contributed by atoms with E-state index in [1.54, 1.807) is 7.11 Å². The van der Waals surface area contributed by atoms with Crippen LogP contribution in [0.1, 0.15) is 25.7 Å². The fourth-order valence-corrected chi connectivity index (χ4v) is 1.61. The SMILES string of the molecule is COCCNCCCCN(C)C1CC1. The minimum atomic E-state index is 0.821. The number of nitrogens with one attached hydrogen (secondary N) is 1. The van der Waals surface area contributed by atoms with E-state index in [0.717, 1.165) is 25.7 Å². The monoisotopic (exact) mass is 200 g/mol. The quantitative estimate of drug-likeness (QED) is 0.564. The van der Waals surface area contributed by atoms with E-state index in [4.69, 9.17) is 4.74 Å². The van der Waals surface area contributed by atoms with Crippen LogP contribution in [0.2, 0.25) is 0 Å². The lowest BCUT2D eigenvalue weighted by atomic mass is 10.3. The summed E-state index contributed by atoms with van der Waals surface area (Å²) in [5, 5.41) is 3.36. The zero-order valence-electron chi connectivity index (χ0n) is 9.59. The van der Waals surface area contributed by atoms with Crippen LogP contribution in [-0.2, 0) is 4.74 Å². The summed E-state index contributed by atoms with van der Waals surface area (Å²) in [6.45, 7) is 4.19. The molecule has 0 aromatic rings. The summed E-state index contributed by atoms with van der Waals surface area (Å²) in [7, 11) is 3.99. The average molecular weight is 200 g/mol. The predicted octanol–water partition coefficient (Wildman–Crippen LogP) is 1.10. The van der Waals surface area contributed by atoms with Gasteiger partial charge in [-0.2, -0.15) is 0 Å². The summed E-state index contributed by atoms with van der Waals surface area (Å²) < 4.78 is 4.96. The van der Waals surface area contributed by atoms with Crippen LogP contribution in [-0.4, -0.2) is 51.3 Å². The third-order valence-corrected chi connectivity index (χ3v) is 2.77. The number of methoxy groups -OCH3 is 1. The lowest BCUT2D eigenvalue weighted by Crippen LogP contribution is -2.24. The molecule has 0 heterocycles. The molecular formula is C11H24N2O. The van der Waals surface area contributed by atoms with Gasteiger partial charge in [0.1, 0.15) is 0 Å². The zero-order valence-corrected chi connectivity index (χ0v) is 9.59. The molecule has 0 amide bonds. The normalized spacial score (nSPS) is 16.5. The molecule has 0 saturated heterocycles. The topological polar surface area (TPSA) is 24.5 Å². The predicted molar refractivity (Wildman–Crippen MR) is 59.6 cm³/mol. The molecule has 1 saturated carbocycles. The van der Waals surface area contributed by atoms with Gasteiger partial charge in [0.15, 0.2) is 0 Å². The number of hydrogen-bond acceptors (Lipinski definition) is 3. The van der Waals surface area contributed by atoms with E-state index in [-0.39, 0.29) is 0 Å². The van der Waals surface area contributed by atoms with Crippen LogP contribution in [0.4, 0.5) is 0 Å². The zero-order chi connectivity index (χ0) is 10.2. The Hall–Kier alpha value is -0.120. The van der Waals surface area contributed by atoms with Crippen molar-refractivity contribution in [3.05, 3.63) is 0 Å². The van der Waals surface area contributed by atoms with Gasteiger partial charge in [0.05, 0.1) is 6.61 Å². The van der Waals surface area contributed by atoms with Gasteiger partial charge in [0, 0.05) is 19.7 Å². The number of hydrogen-bond donors (Lipinski definition) is 1. The molecule has 0 aromatic carbocycles. The van der Waals surface area contributed by atoms with Gasteiger partial charge in [-0.15, -0.1) is 0 Å². The number of rotatable bonds is 9. The first-order valence-corrected chi connectivity index (χ1v) is 5.74. The van der Waals surface area contributed by atoms with Gasteiger partial charge in [0.2, 0.25) is 0 Å². The second-order valence-electron chi connectivity index (χ2n) is 4.16. The Kier molecular flexibility index (Phi) is 6.15. The van der Waals surface area contributed by atoms with E-state index >= 15 is 0 Å². The van der Waals surface area contributed by atoms with Crippen molar-refractivity contribution in [2.75, 3.05) is 40.4 Å². The highest BCUT2D eigenvalue weighted by Gasteiger charge is 2.25. The summed E-state index contributed by atoms with van der Waals surface area (Å²) >= 11 is 0. The second kappa shape index (κ2) is 7.21. The van der Waals surface area contributed by atoms with Crippen LogP contribution in [0.3, 0.4) is 0 Å². The van der Waals surface area contributed by atoms with E-state index in [1.807, 2.05) is 0 Å². The number of ether oxygens (including phenoxy) is 1. The first kappa shape index (κ1) is 12.0. The largest absolute Gasteiger partial charge is 0.383 e. The molecule has 3 nitrogen and oxygen atoms in total. The molecule has 1 rings (SSSR count). The Morgan fingerprint density at radius 2 is 2.07 bits per heavy atom. The maximum Gasteiger partial charge on any atom is 0.0587 e. The molecule has 0 aliphatic heterocycles. The average Bonchev–Trinajstić information content (AvgIpc) is 2.99. The van der Waals surface area contributed by atoms with Crippen molar-refractivity contribution in [3.63, 3.8) is 0 Å². The van der Waals surface area contributed by atoms with Gasteiger partial charge in [-0.25, -0.2) is 0 Å². The number of unbranched alkanes of at least 4 members (excludes halogenated alkanes) is 1. The fourth-order valence-electron chi connectivity index (χ4n) is 1.61. The van der Waals surface area contributed by atoms with E-state index in [1.165, 1.54) is 32.2 Å². The lowest BCUT2D eigenvalue weighted by molar-refractivity contribution is 0.199. The van der Waals surface area contributed by atoms with E-state index in [0.29, 0.717) is 0 Å². The van der Waals surface area contributed by atoms with Crippen LogP contribution >= 0.6 is 0 Å². The first-order valence-electron chi connectivity index (χ1n) is 5.74. The van der Waals surface area contributed by atoms with Gasteiger partial charge >= 0.3 is 0 Å². The summed E-state index contributed by atoms with van der Waals surface area (Å²) in [5.41, 5.74) is 0. The summed E-state index contributed by atoms with van der Waals surface area (Å²) in [5.74, 6) is 0. The molecule has 14 heavy (non-hydrogen) atoms. The van der Waals surface area contributed by atoms with Gasteiger partial charge < -0.3 is 15.0 Å². The Balaban J connectivity index is 1.75. The molecule has 1 N–H and O–H groups in total. The molecule has 0 spiro atoms. The molecule has 0 radical (unpaired) electrons. The van der Waals surface area contributed by atoms with Crippen molar-refractivity contribution in [2.24, 2.45) is 0 Å². The summed E-state index contributed by atoms with van der Waals surface area (Å²) in [6, 6.07) is 0.913. The van der Waals surface area contributed by atoms with Crippen molar-refractivity contribution < 1.29 is 4.74 Å². The molecule has 0 unspecified atom stereocenters. The highest BCUT2D eigenvalue weighted by Crippen LogP contribution is 2.25. The van der Waals surface area contributed by atoms with Gasteiger partial charge in [0.25, 0.3) is 0 Å². The third-order valence-electron chi connectivity index (χ3n) is 2.77. The minimum absolute atomic E-state index is 0.821. The van der Waals surface area contributed by atoms with Crippen molar-refractivity contribution in [1.82, 2.24) is 10.2 Å². The van der Waals surface area contributed by atoms with Crippen molar-refractivity contribution in [3.8, 4) is 0 Å². The van der Waals surface area contributed by atoms with Crippen LogP contribution in [0, 0.1) is 0 Å². The Morgan fingerprint density at radius 3 is 2.71 bits per heavy atom. The van der Waals surface area contributed by atoms with Crippen molar-refractivity contribution in [2.45, 2.75) is 31.7 Å². The molecule has 1 aliphatic rings. The Bertz CT molecular complexity index is 137. The fraction of sp³-hybridized carbons (Fsp3) is 1.00. The highest BCUT2D eigenvalue weighted by atomic mass is 16.5. The van der Waals surface area contributed by atoms with E-state index in [9.17, 15) is 0 Å². The first-order chi connectivity index (χ1) is 6.84. The van der Waals surface area contributed by atoms with Crippen molar-refractivity contribution >= 4 is 0 Å². The van der Waals surface area contributed by atoms with E-state index < -0.39 is 0 Å². The van der Waals surface area contributed by atoms with Crippen LogP contribution in [0.5, 0.6) is 0 Å². The molecular weight excluding hydrogens is 176 g/mol. The van der Waals surface area contributed by atoms with Crippen LogP contribution < -0.4 is 5.32 Å². The molecule has 1 aliphatic carbocycles. The summed E-state index contributed by atoms with van der Waals surface area (Å²) in [6.07, 6.45) is 5.43. The maximum atomic E-state index is 4.96. The molecule has 0 aromatic heterocycles. The molecule has 0 atom stereocenters. The Morgan fingerprint density at radius 1 is 1.29 bits per heavy atom. The van der Waals surface area contributed by atoms with E-state index in [2.05, 4.69) is 17.3 Å². The second-order valence-corrected chi connectivity index (χ2v) is 4.16. The van der Waals surface area contributed by atoms with Crippen LogP contribution in [0.25, 0.3) is 0 Å². The molecule has 3 heteroatoms. The lowest BCUT2D eigenvalue weighted by Gasteiger charge is -2.15. The number of nitrogens with zero attached hydrogens (tertiary/aromatic N) is 1. The van der Waals surface area contributed by atoms with Gasteiger partial charge in [-0.05, 0) is 45.8 Å².